The quantitative estimate of drug-likeness (QED) is 0.164. The molecule has 0 aliphatic rings. The van der Waals surface area contributed by atoms with Gasteiger partial charge in [0.25, 0.3) is 11.4 Å². The number of nitro benzene ring substituents is 2. The van der Waals surface area contributed by atoms with E-state index < -0.39 is 33.2 Å². The summed E-state index contributed by atoms with van der Waals surface area (Å²) in [5.74, 6) is -1.28. The Morgan fingerprint density at radius 2 is 1.03 bits per heavy atom. The van der Waals surface area contributed by atoms with Crippen molar-refractivity contribution in [2.45, 2.75) is 13.8 Å². The van der Waals surface area contributed by atoms with E-state index in [9.17, 15) is 29.8 Å². The maximum atomic E-state index is 12.3. The van der Waals surface area contributed by atoms with E-state index in [1.807, 2.05) is 0 Å². The first-order valence-corrected chi connectivity index (χ1v) is 10.5. The van der Waals surface area contributed by atoms with Crippen molar-refractivity contribution < 1.29 is 28.9 Å². The highest BCUT2D eigenvalue weighted by molar-refractivity contribution is 5.91. The number of nitrogens with zero attached hydrogens (tertiary/aromatic N) is 2. The van der Waals surface area contributed by atoms with Crippen molar-refractivity contribution in [2.75, 3.05) is 0 Å². The van der Waals surface area contributed by atoms with E-state index in [-0.39, 0.29) is 33.8 Å². The van der Waals surface area contributed by atoms with Gasteiger partial charge in [0.2, 0.25) is 0 Å². The number of rotatable bonds is 8. The van der Waals surface area contributed by atoms with Crippen molar-refractivity contribution in [3.63, 3.8) is 0 Å². The van der Waals surface area contributed by atoms with Gasteiger partial charge in [-0.05, 0) is 56.3 Å². The first kappa shape index (κ1) is 25.5. The van der Waals surface area contributed by atoms with Crippen LogP contribution in [0.2, 0.25) is 0 Å². The Morgan fingerprint density at radius 3 is 1.36 bits per heavy atom. The molecule has 0 fully saturated rings. The first-order valence-electron chi connectivity index (χ1n) is 10.5. The molecule has 0 aliphatic heterocycles. The predicted octanol–water partition coefficient (Wildman–Crippen LogP) is 5.94. The SMILES string of the molecule is C/C(=C\c1cc(/C=C(\C)OC(=O)c2ccccc2)c([N+](=O)[O-])cc1[N+](=O)[O-])OC(=O)c1ccccc1. The molecule has 0 saturated carbocycles. The molecule has 3 aromatic carbocycles. The lowest BCUT2D eigenvalue weighted by Crippen LogP contribution is -2.04. The molecule has 0 heterocycles. The van der Waals surface area contributed by atoms with Crippen molar-refractivity contribution >= 4 is 35.5 Å². The fraction of sp³-hybridized carbons (Fsp3) is 0.0769. The second kappa shape index (κ2) is 11.3. The second-order valence-electron chi connectivity index (χ2n) is 7.51. The molecular weight excluding hydrogens is 468 g/mol. The third-order valence-electron chi connectivity index (χ3n) is 4.81. The summed E-state index contributed by atoms with van der Waals surface area (Å²) in [5.41, 5.74) is -0.651. The van der Waals surface area contributed by atoms with Crippen LogP contribution in [0, 0.1) is 20.2 Å². The van der Waals surface area contributed by atoms with Crippen molar-refractivity contribution in [3.05, 3.63) is 127 Å². The van der Waals surface area contributed by atoms with Gasteiger partial charge in [-0.15, -0.1) is 0 Å². The van der Waals surface area contributed by atoms with Gasteiger partial charge in [-0.1, -0.05) is 36.4 Å². The smallest absolute Gasteiger partial charge is 0.343 e. The highest BCUT2D eigenvalue weighted by Crippen LogP contribution is 2.32. The fourth-order valence-electron chi connectivity index (χ4n) is 3.21. The molecule has 3 aromatic rings. The van der Waals surface area contributed by atoms with E-state index in [1.165, 1.54) is 32.1 Å². The third-order valence-corrected chi connectivity index (χ3v) is 4.81. The van der Waals surface area contributed by atoms with Crippen LogP contribution in [-0.4, -0.2) is 21.8 Å². The molecule has 0 amide bonds. The van der Waals surface area contributed by atoms with Crippen LogP contribution in [0.15, 0.2) is 84.3 Å². The number of esters is 2. The molecule has 36 heavy (non-hydrogen) atoms. The summed E-state index contributed by atoms with van der Waals surface area (Å²) in [6.07, 6.45) is 2.46. The van der Waals surface area contributed by atoms with Gasteiger partial charge in [-0.3, -0.25) is 20.2 Å². The van der Waals surface area contributed by atoms with Crippen LogP contribution >= 0.6 is 0 Å². The Labute approximate surface area is 205 Å². The van der Waals surface area contributed by atoms with Crippen LogP contribution in [0.3, 0.4) is 0 Å². The van der Waals surface area contributed by atoms with E-state index in [0.717, 1.165) is 6.07 Å². The topological polar surface area (TPSA) is 139 Å². The number of hydrogen-bond acceptors (Lipinski definition) is 8. The minimum absolute atomic E-state index is 0.0305. The Kier molecular flexibility index (Phi) is 8.03. The summed E-state index contributed by atoms with van der Waals surface area (Å²) in [4.78, 5) is 46.3. The zero-order valence-corrected chi connectivity index (χ0v) is 19.2. The summed E-state index contributed by atoms with van der Waals surface area (Å²) >= 11 is 0. The number of carbonyl (C=O) groups excluding carboxylic acids is 2. The summed E-state index contributed by atoms with van der Waals surface area (Å²) in [6.45, 7) is 2.85. The summed E-state index contributed by atoms with van der Waals surface area (Å²) in [7, 11) is 0. The summed E-state index contributed by atoms with van der Waals surface area (Å²) in [5, 5.41) is 23.2. The molecule has 0 aromatic heterocycles. The van der Waals surface area contributed by atoms with Gasteiger partial charge in [-0.25, -0.2) is 9.59 Å². The molecule has 10 heteroatoms. The fourth-order valence-corrected chi connectivity index (χ4v) is 3.21. The molecule has 0 saturated heterocycles. The summed E-state index contributed by atoms with van der Waals surface area (Å²) in [6, 6.07) is 18.3. The van der Waals surface area contributed by atoms with Gasteiger partial charge in [0.1, 0.15) is 11.5 Å². The molecule has 0 bridgehead atoms. The molecular formula is C26H20N2O8. The van der Waals surface area contributed by atoms with E-state index in [0.29, 0.717) is 0 Å². The third kappa shape index (κ3) is 6.48. The number of carbonyl (C=O) groups is 2. The van der Waals surface area contributed by atoms with Gasteiger partial charge in [-0.2, -0.15) is 0 Å². The molecule has 0 radical (unpaired) electrons. The number of hydrogen-bond donors (Lipinski definition) is 0. The van der Waals surface area contributed by atoms with Crippen molar-refractivity contribution in [2.24, 2.45) is 0 Å². The predicted molar refractivity (Wildman–Crippen MR) is 131 cm³/mol. The molecule has 0 aliphatic carbocycles. The van der Waals surface area contributed by atoms with Gasteiger partial charge in [0.15, 0.2) is 0 Å². The van der Waals surface area contributed by atoms with Gasteiger partial charge in [0.05, 0.1) is 38.2 Å². The molecule has 3 rings (SSSR count). The Morgan fingerprint density at radius 1 is 0.667 bits per heavy atom. The number of allylic oxidation sites excluding steroid dienone is 2. The highest BCUT2D eigenvalue weighted by atomic mass is 16.6. The standard InChI is InChI=1S/C26H20N2O8/c1-17(35-25(29)19-9-5-3-6-10-19)13-21-15-22(24(28(33)34)16-23(21)27(31)32)14-18(2)36-26(30)20-11-7-4-8-12-20/h3-16H,1-2H3/b17-13+,18-14+. The van der Waals surface area contributed by atoms with Crippen LogP contribution in [0.1, 0.15) is 45.7 Å². The van der Waals surface area contributed by atoms with Gasteiger partial charge in [0, 0.05) is 0 Å². The average Bonchev–Trinajstić information content (AvgIpc) is 2.84. The van der Waals surface area contributed by atoms with Crippen molar-refractivity contribution in [3.8, 4) is 0 Å². The van der Waals surface area contributed by atoms with E-state index in [4.69, 9.17) is 9.47 Å². The second-order valence-corrected chi connectivity index (χ2v) is 7.51. The largest absolute Gasteiger partial charge is 0.428 e. The number of benzene rings is 3. The van der Waals surface area contributed by atoms with E-state index >= 15 is 0 Å². The normalized spacial score (nSPS) is 11.5. The first-order chi connectivity index (χ1) is 17.2. The lowest BCUT2D eigenvalue weighted by Gasteiger charge is -2.08. The Bertz CT molecular complexity index is 1280. The Hall–Kier alpha value is -5.12. The zero-order valence-electron chi connectivity index (χ0n) is 19.2. The Balaban J connectivity index is 1.97. The van der Waals surface area contributed by atoms with Crippen LogP contribution in [-0.2, 0) is 9.47 Å². The number of nitro groups is 2. The van der Waals surface area contributed by atoms with E-state index in [2.05, 4.69) is 0 Å². The van der Waals surface area contributed by atoms with Crippen LogP contribution in [0.5, 0.6) is 0 Å². The molecule has 10 nitrogen and oxygen atoms in total. The minimum atomic E-state index is -0.777. The molecule has 0 atom stereocenters. The maximum Gasteiger partial charge on any atom is 0.343 e. The van der Waals surface area contributed by atoms with Crippen LogP contribution < -0.4 is 0 Å². The number of ether oxygens (including phenoxy) is 2. The molecule has 182 valence electrons. The lowest BCUT2D eigenvalue weighted by molar-refractivity contribution is -0.394. The monoisotopic (exact) mass is 488 g/mol. The molecule has 0 unspecified atom stereocenters. The van der Waals surface area contributed by atoms with E-state index in [1.54, 1.807) is 60.7 Å². The van der Waals surface area contributed by atoms with Gasteiger partial charge >= 0.3 is 11.9 Å². The molecule has 0 N–H and O–H groups in total. The van der Waals surface area contributed by atoms with Crippen LogP contribution in [0.25, 0.3) is 12.2 Å². The lowest BCUT2D eigenvalue weighted by atomic mass is 10.0. The minimum Gasteiger partial charge on any atom is -0.428 e. The van der Waals surface area contributed by atoms with Crippen molar-refractivity contribution in [1.82, 2.24) is 0 Å². The molecule has 0 spiro atoms. The highest BCUT2D eigenvalue weighted by Gasteiger charge is 2.24. The average molecular weight is 488 g/mol. The zero-order chi connectivity index (χ0) is 26.2. The summed E-state index contributed by atoms with van der Waals surface area (Å²) < 4.78 is 10.5. The van der Waals surface area contributed by atoms with Crippen molar-refractivity contribution in [1.29, 1.82) is 0 Å². The van der Waals surface area contributed by atoms with Gasteiger partial charge < -0.3 is 9.47 Å². The maximum absolute atomic E-state index is 12.3. The van der Waals surface area contributed by atoms with Crippen LogP contribution in [0.4, 0.5) is 11.4 Å².